The van der Waals surface area contributed by atoms with Crippen molar-refractivity contribution in [2.45, 2.75) is 25.5 Å². The van der Waals surface area contributed by atoms with Gasteiger partial charge in [0.2, 0.25) is 0 Å². The van der Waals surface area contributed by atoms with Gasteiger partial charge in [0.15, 0.2) is 11.5 Å². The molecule has 39 heavy (non-hydrogen) atoms. The van der Waals surface area contributed by atoms with Gasteiger partial charge in [0, 0.05) is 66.7 Å². The minimum absolute atomic E-state index is 0.0550. The molecule has 10 nitrogen and oxygen atoms in total. The summed E-state index contributed by atoms with van der Waals surface area (Å²) in [5, 5.41) is 31.8. The van der Waals surface area contributed by atoms with Crippen molar-refractivity contribution in [1.82, 2.24) is 15.3 Å². The number of halogens is 2. The number of aliphatic hydroxyl groups excluding tert-OH is 1. The summed E-state index contributed by atoms with van der Waals surface area (Å²) in [4.78, 5) is 10.5. The number of nitrogens with zero attached hydrogens (tertiary/aromatic N) is 4. The molecule has 0 aliphatic carbocycles. The molecule has 0 unspecified atom stereocenters. The summed E-state index contributed by atoms with van der Waals surface area (Å²) in [7, 11) is 1.49. The maximum atomic E-state index is 9.83. The molecule has 1 atom stereocenters. The largest absolute Gasteiger partial charge is 0.493 e. The summed E-state index contributed by atoms with van der Waals surface area (Å²) in [6, 6.07) is 7.02. The molecule has 4 rings (SSSR count). The average Bonchev–Trinajstić information content (AvgIpc) is 2.90. The van der Waals surface area contributed by atoms with Crippen LogP contribution in [0.3, 0.4) is 0 Å². The Morgan fingerprint density at radius 2 is 1.95 bits per heavy atom. The Labute approximate surface area is 236 Å². The second-order valence-corrected chi connectivity index (χ2v) is 10.3. The first kappa shape index (κ1) is 28.4. The number of aromatic nitrogens is 2. The normalized spacial score (nSPS) is 14.7. The van der Waals surface area contributed by atoms with E-state index in [9.17, 15) is 5.26 Å². The number of ether oxygens (including phenoxy) is 2. The third kappa shape index (κ3) is 5.87. The molecular weight excluding hydrogens is 541 g/mol. The van der Waals surface area contributed by atoms with Crippen molar-refractivity contribution in [2.24, 2.45) is 0 Å². The van der Waals surface area contributed by atoms with Gasteiger partial charge in [0.1, 0.15) is 18.0 Å². The number of nitrogen functional groups attached to an aromatic ring is 1. The van der Waals surface area contributed by atoms with Crippen molar-refractivity contribution in [3.8, 4) is 17.6 Å². The summed E-state index contributed by atoms with van der Waals surface area (Å²) < 4.78 is 11.6. The van der Waals surface area contributed by atoms with Gasteiger partial charge in [-0.15, -0.1) is 0 Å². The molecule has 12 heteroatoms. The zero-order valence-corrected chi connectivity index (χ0v) is 23.3. The molecule has 204 valence electrons. The molecule has 1 aliphatic heterocycles. The third-order valence-electron chi connectivity index (χ3n) is 6.52. The van der Waals surface area contributed by atoms with Gasteiger partial charge in [-0.1, -0.05) is 23.2 Å². The minimum Gasteiger partial charge on any atom is -0.493 e. The highest BCUT2D eigenvalue weighted by Gasteiger charge is 2.39. The van der Waals surface area contributed by atoms with Gasteiger partial charge < -0.3 is 30.5 Å². The maximum absolute atomic E-state index is 9.83. The number of aliphatic hydroxyl groups is 1. The average molecular weight is 570 g/mol. The summed E-state index contributed by atoms with van der Waals surface area (Å²) in [5.74, 6) is 1.26. The van der Waals surface area contributed by atoms with Crippen LogP contribution in [0.4, 0.5) is 11.5 Å². The highest BCUT2D eigenvalue weighted by molar-refractivity contribution is 6.35. The van der Waals surface area contributed by atoms with Gasteiger partial charge in [-0.05, 0) is 26.0 Å². The number of nitriles is 1. The molecule has 1 saturated heterocycles. The van der Waals surface area contributed by atoms with Crippen molar-refractivity contribution in [3.05, 3.63) is 69.1 Å². The number of nitrogens with two attached hydrogens (primary N) is 1. The van der Waals surface area contributed by atoms with E-state index in [2.05, 4.69) is 28.3 Å². The molecular formula is C27H29Cl2N7O3. The molecule has 0 radical (unpaired) electrons. The summed E-state index contributed by atoms with van der Waals surface area (Å²) >= 11 is 12.6. The first-order valence-electron chi connectivity index (χ1n) is 12.1. The van der Waals surface area contributed by atoms with E-state index in [1.165, 1.54) is 19.5 Å². The van der Waals surface area contributed by atoms with E-state index in [0.717, 1.165) is 0 Å². The molecule has 0 saturated carbocycles. The second kappa shape index (κ2) is 11.6. The van der Waals surface area contributed by atoms with Crippen molar-refractivity contribution >= 4 is 40.4 Å². The lowest BCUT2D eigenvalue weighted by molar-refractivity contribution is 0.216. The molecule has 3 aromatic rings. The van der Waals surface area contributed by atoms with E-state index in [0.29, 0.717) is 74.9 Å². The predicted octanol–water partition coefficient (Wildman–Crippen LogP) is 3.96. The van der Waals surface area contributed by atoms with E-state index in [4.69, 9.17) is 48.9 Å². The van der Waals surface area contributed by atoms with Crippen LogP contribution in [-0.2, 0) is 0 Å². The molecule has 0 bridgehead atoms. The summed E-state index contributed by atoms with van der Waals surface area (Å²) in [6.45, 7) is 5.67. The highest BCUT2D eigenvalue weighted by Crippen LogP contribution is 2.39. The van der Waals surface area contributed by atoms with Crippen LogP contribution in [0.5, 0.6) is 11.5 Å². The van der Waals surface area contributed by atoms with Crippen molar-refractivity contribution < 1.29 is 14.6 Å². The van der Waals surface area contributed by atoms with Crippen LogP contribution in [0.15, 0.2) is 36.8 Å². The Balaban J connectivity index is 1.61. The van der Waals surface area contributed by atoms with Gasteiger partial charge in [0.25, 0.3) is 0 Å². The van der Waals surface area contributed by atoms with Crippen LogP contribution >= 0.6 is 23.2 Å². The monoisotopic (exact) mass is 569 g/mol. The Hall–Kier alpha value is -3.62. The fraction of sp³-hybridized carbons (Fsp3) is 0.333. The maximum Gasteiger partial charge on any atom is 0.162 e. The van der Waals surface area contributed by atoms with Crippen molar-refractivity contribution in [3.63, 3.8) is 0 Å². The zero-order valence-electron chi connectivity index (χ0n) is 21.8. The van der Waals surface area contributed by atoms with Crippen molar-refractivity contribution in [2.75, 3.05) is 44.0 Å². The molecule has 1 aliphatic rings. The Bertz CT molecular complexity index is 1420. The zero-order chi connectivity index (χ0) is 28.3. The number of rotatable bonds is 10. The number of hydrogen-bond acceptors (Lipinski definition) is 10. The fourth-order valence-corrected chi connectivity index (χ4v) is 5.27. The molecule has 0 spiro atoms. The van der Waals surface area contributed by atoms with E-state index in [1.807, 2.05) is 4.90 Å². The number of β-amino-alcohol motifs (C(OH)–C–C–N with tert-alkyl or cyclic N) is 1. The van der Waals surface area contributed by atoms with Gasteiger partial charge in [-0.3, -0.25) is 10.4 Å². The Kier molecular flexibility index (Phi) is 8.47. The lowest BCUT2D eigenvalue weighted by Gasteiger charge is -2.49. The smallest absolute Gasteiger partial charge is 0.162 e. The van der Waals surface area contributed by atoms with E-state index in [-0.39, 0.29) is 17.9 Å². The van der Waals surface area contributed by atoms with Crippen LogP contribution in [0, 0.1) is 16.7 Å². The molecule has 2 aromatic heterocycles. The van der Waals surface area contributed by atoms with E-state index >= 15 is 0 Å². The molecule has 0 amide bonds. The fourth-order valence-electron chi connectivity index (χ4n) is 4.60. The summed E-state index contributed by atoms with van der Waals surface area (Å²) in [5.41, 5.74) is 8.22. The number of methoxy groups -OCH3 is 1. The lowest BCUT2D eigenvalue weighted by atomic mass is 9.91. The quantitative estimate of drug-likeness (QED) is 0.210. The predicted molar refractivity (Wildman–Crippen MR) is 151 cm³/mol. The number of nitrogens with one attached hydrogen (secondary N) is 2. The van der Waals surface area contributed by atoms with Crippen LogP contribution in [-0.4, -0.2) is 59.7 Å². The van der Waals surface area contributed by atoms with Crippen LogP contribution < -0.4 is 25.4 Å². The van der Waals surface area contributed by atoms with Crippen molar-refractivity contribution in [1.29, 1.82) is 10.7 Å². The summed E-state index contributed by atoms with van der Waals surface area (Å²) in [6.07, 6.45) is 3.96. The first-order chi connectivity index (χ1) is 18.6. The van der Waals surface area contributed by atoms with Gasteiger partial charge >= 0.3 is 0 Å². The van der Waals surface area contributed by atoms with Gasteiger partial charge in [-0.2, -0.15) is 5.26 Å². The Morgan fingerprint density at radius 3 is 2.56 bits per heavy atom. The van der Waals surface area contributed by atoms with Crippen LogP contribution in [0.1, 0.15) is 42.2 Å². The Morgan fingerprint density at radius 1 is 1.26 bits per heavy atom. The molecule has 1 aromatic carbocycles. The van der Waals surface area contributed by atoms with E-state index < -0.39 is 6.10 Å². The first-order valence-corrected chi connectivity index (χ1v) is 12.9. The van der Waals surface area contributed by atoms with Gasteiger partial charge in [0.05, 0.1) is 40.6 Å². The SMILES string of the molecule is COc1cc(N)c(C(=N)c2cnc(N3CC(C)(NCCO)C3)c(C#N)c2)cc1O[C@H](C)c1c(Cl)cncc1Cl. The molecule has 1 fully saturated rings. The minimum atomic E-state index is -0.562. The standard InChI is InChI=1S/C27H29Cl2N7O3/c1-15(24-19(28)11-33-12-20(24)29)39-23-7-18(21(31)8-22(23)38-3)25(32)17-6-16(9-30)26(34-10-17)36-13-27(2,14-36)35-4-5-37/h6-8,10-12,15,32,35,37H,4-5,13-14,31H2,1-3H3/t15-/m1/s1. The molecule has 3 heterocycles. The van der Waals surface area contributed by atoms with Crippen LogP contribution in [0.25, 0.3) is 0 Å². The topological polar surface area (TPSA) is 153 Å². The highest BCUT2D eigenvalue weighted by atomic mass is 35.5. The molecule has 5 N–H and O–H groups in total. The number of pyridine rings is 2. The third-order valence-corrected chi connectivity index (χ3v) is 7.13. The lowest BCUT2D eigenvalue weighted by Crippen LogP contribution is -2.68. The number of hydrogen-bond donors (Lipinski definition) is 4. The second-order valence-electron chi connectivity index (χ2n) is 9.52. The van der Waals surface area contributed by atoms with E-state index in [1.54, 1.807) is 31.3 Å². The number of anilines is 2. The number of benzene rings is 1. The van der Waals surface area contributed by atoms with Crippen LogP contribution in [0.2, 0.25) is 10.0 Å². The van der Waals surface area contributed by atoms with Gasteiger partial charge in [-0.25, -0.2) is 4.98 Å².